The van der Waals surface area contributed by atoms with Crippen molar-refractivity contribution in [2.24, 2.45) is 0 Å². The molecular formula is C21H27N3O4S. The second kappa shape index (κ2) is 9.49. The molecular weight excluding hydrogens is 390 g/mol. The van der Waals surface area contributed by atoms with Crippen LogP contribution in [-0.4, -0.2) is 50.9 Å². The fourth-order valence-corrected chi connectivity index (χ4v) is 4.31. The van der Waals surface area contributed by atoms with E-state index in [4.69, 9.17) is 4.84 Å². The Labute approximate surface area is 172 Å². The zero-order valence-corrected chi connectivity index (χ0v) is 17.6. The molecule has 0 aromatic heterocycles. The van der Waals surface area contributed by atoms with Crippen LogP contribution in [0.25, 0.3) is 0 Å². The number of hydrogen-bond acceptors (Lipinski definition) is 5. The zero-order chi connectivity index (χ0) is 20.9. The monoisotopic (exact) mass is 417 g/mol. The first-order valence-corrected chi connectivity index (χ1v) is 11.1. The fraction of sp³-hybridized carbons (Fsp3) is 0.381. The van der Waals surface area contributed by atoms with E-state index in [0.29, 0.717) is 6.54 Å². The summed E-state index contributed by atoms with van der Waals surface area (Å²) < 4.78 is 25.4. The van der Waals surface area contributed by atoms with Crippen LogP contribution < -0.4 is 5.32 Å². The number of nitrogens with one attached hydrogen (secondary N) is 1. The van der Waals surface area contributed by atoms with Gasteiger partial charge < -0.3 is 5.32 Å². The summed E-state index contributed by atoms with van der Waals surface area (Å²) in [7, 11) is -1.23. The minimum Gasteiger partial charge on any atom is -0.348 e. The maximum absolute atomic E-state index is 12.5. The van der Waals surface area contributed by atoms with Gasteiger partial charge in [-0.15, -0.1) is 0 Å². The van der Waals surface area contributed by atoms with Crippen molar-refractivity contribution in [3.8, 4) is 0 Å². The van der Waals surface area contributed by atoms with Crippen molar-refractivity contribution in [2.45, 2.75) is 30.8 Å². The molecule has 0 atom stereocenters. The van der Waals surface area contributed by atoms with Gasteiger partial charge in [0, 0.05) is 25.7 Å². The molecule has 8 heteroatoms. The Morgan fingerprint density at radius 2 is 1.76 bits per heavy atom. The summed E-state index contributed by atoms with van der Waals surface area (Å²) in [5, 5.41) is 2.84. The SMILES string of the molecule is CON(C)S(=O)(=O)c1cccc(C(=O)NCc2ccc(CN3CCCC3)cc2)c1. The standard InChI is InChI=1S/C21H27N3O4S/c1-23(28-2)29(26,27)20-7-5-6-19(14-20)21(25)22-15-17-8-10-18(11-9-17)16-24-12-3-4-13-24/h5-11,14H,3-4,12-13,15-16H2,1-2H3,(H,22,25). The van der Waals surface area contributed by atoms with Gasteiger partial charge in [-0.2, -0.15) is 0 Å². The summed E-state index contributed by atoms with van der Waals surface area (Å²) >= 11 is 0. The molecule has 29 heavy (non-hydrogen) atoms. The van der Waals surface area contributed by atoms with Gasteiger partial charge in [0.25, 0.3) is 15.9 Å². The molecule has 1 heterocycles. The molecule has 0 aliphatic carbocycles. The van der Waals surface area contributed by atoms with Gasteiger partial charge >= 0.3 is 0 Å². The molecule has 1 fully saturated rings. The number of carbonyl (C=O) groups is 1. The summed E-state index contributed by atoms with van der Waals surface area (Å²) in [5.74, 6) is -0.330. The first-order chi connectivity index (χ1) is 13.9. The van der Waals surface area contributed by atoms with Crippen LogP contribution in [0.3, 0.4) is 0 Å². The Bertz CT molecular complexity index is 939. The smallest absolute Gasteiger partial charge is 0.264 e. The van der Waals surface area contributed by atoms with Crippen molar-refractivity contribution < 1.29 is 18.0 Å². The van der Waals surface area contributed by atoms with Gasteiger partial charge in [0.05, 0.1) is 12.0 Å². The van der Waals surface area contributed by atoms with Gasteiger partial charge in [0.2, 0.25) is 0 Å². The number of sulfonamides is 1. The van der Waals surface area contributed by atoms with Crippen LogP contribution in [0.2, 0.25) is 0 Å². The molecule has 7 nitrogen and oxygen atoms in total. The Morgan fingerprint density at radius 3 is 2.41 bits per heavy atom. The number of likely N-dealkylation sites (tertiary alicyclic amines) is 1. The van der Waals surface area contributed by atoms with Crippen LogP contribution in [-0.2, 0) is 28.0 Å². The van der Waals surface area contributed by atoms with Crippen LogP contribution in [0.5, 0.6) is 0 Å². The number of rotatable bonds is 8. The molecule has 0 radical (unpaired) electrons. The van der Waals surface area contributed by atoms with E-state index in [1.54, 1.807) is 12.1 Å². The number of benzene rings is 2. The van der Waals surface area contributed by atoms with Gasteiger partial charge in [-0.3, -0.25) is 14.5 Å². The summed E-state index contributed by atoms with van der Waals surface area (Å²) in [6.07, 6.45) is 2.54. The average Bonchev–Trinajstić information content (AvgIpc) is 3.25. The van der Waals surface area contributed by atoms with E-state index >= 15 is 0 Å². The maximum Gasteiger partial charge on any atom is 0.264 e. The predicted molar refractivity (Wildman–Crippen MR) is 111 cm³/mol. The van der Waals surface area contributed by atoms with Crippen molar-refractivity contribution >= 4 is 15.9 Å². The first kappa shape index (κ1) is 21.4. The van der Waals surface area contributed by atoms with E-state index in [-0.39, 0.29) is 16.4 Å². The largest absolute Gasteiger partial charge is 0.348 e. The summed E-state index contributed by atoms with van der Waals surface area (Å²) in [6, 6.07) is 14.1. The highest BCUT2D eigenvalue weighted by atomic mass is 32.2. The maximum atomic E-state index is 12.5. The number of hydroxylamine groups is 1. The Morgan fingerprint density at radius 1 is 1.10 bits per heavy atom. The highest BCUT2D eigenvalue weighted by Crippen LogP contribution is 2.16. The average molecular weight is 418 g/mol. The first-order valence-electron chi connectivity index (χ1n) is 9.61. The van der Waals surface area contributed by atoms with E-state index in [1.165, 1.54) is 44.7 Å². The lowest BCUT2D eigenvalue weighted by atomic mass is 10.1. The highest BCUT2D eigenvalue weighted by molar-refractivity contribution is 7.89. The zero-order valence-electron chi connectivity index (χ0n) is 16.8. The molecule has 1 N–H and O–H groups in total. The van der Waals surface area contributed by atoms with Crippen LogP contribution >= 0.6 is 0 Å². The summed E-state index contributed by atoms with van der Waals surface area (Å²) in [5.41, 5.74) is 2.54. The number of hydrogen-bond donors (Lipinski definition) is 1. The lowest BCUT2D eigenvalue weighted by Gasteiger charge is -2.15. The molecule has 0 unspecified atom stereocenters. The Hall–Kier alpha value is -2.26. The van der Waals surface area contributed by atoms with Gasteiger partial charge in [-0.1, -0.05) is 34.8 Å². The van der Waals surface area contributed by atoms with E-state index in [0.717, 1.165) is 29.7 Å². The van der Waals surface area contributed by atoms with Crippen molar-refractivity contribution in [1.82, 2.24) is 14.7 Å². The van der Waals surface area contributed by atoms with E-state index in [2.05, 4.69) is 22.3 Å². The molecule has 156 valence electrons. The summed E-state index contributed by atoms with van der Waals surface area (Å²) in [4.78, 5) is 19.7. The normalized spacial score (nSPS) is 15.0. The third kappa shape index (κ3) is 5.42. The molecule has 1 aliphatic heterocycles. The number of nitrogens with zero attached hydrogens (tertiary/aromatic N) is 2. The van der Waals surface area contributed by atoms with Crippen LogP contribution in [0.15, 0.2) is 53.4 Å². The number of amides is 1. The van der Waals surface area contributed by atoms with Gasteiger partial charge in [-0.25, -0.2) is 8.42 Å². The fourth-order valence-electron chi connectivity index (χ4n) is 3.29. The van der Waals surface area contributed by atoms with Crippen LogP contribution in [0.4, 0.5) is 0 Å². The second-order valence-electron chi connectivity index (χ2n) is 7.11. The molecule has 2 aromatic rings. The lowest BCUT2D eigenvalue weighted by Crippen LogP contribution is -2.27. The van der Waals surface area contributed by atoms with Gasteiger partial charge in [0.1, 0.15) is 0 Å². The molecule has 0 saturated carbocycles. The van der Waals surface area contributed by atoms with Crippen molar-refractivity contribution in [1.29, 1.82) is 0 Å². The van der Waals surface area contributed by atoms with E-state index < -0.39 is 10.0 Å². The quantitative estimate of drug-likeness (QED) is 0.668. The molecule has 0 spiro atoms. The lowest BCUT2D eigenvalue weighted by molar-refractivity contribution is -0.0258. The van der Waals surface area contributed by atoms with Crippen molar-refractivity contribution in [3.05, 3.63) is 65.2 Å². The minimum absolute atomic E-state index is 0.000709. The minimum atomic E-state index is -3.80. The number of carbonyl (C=O) groups excluding carboxylic acids is 1. The Kier molecular flexibility index (Phi) is 7.02. The van der Waals surface area contributed by atoms with Crippen LogP contribution in [0.1, 0.15) is 34.3 Å². The molecule has 1 aliphatic rings. The molecule has 0 bridgehead atoms. The van der Waals surface area contributed by atoms with Gasteiger partial charge in [-0.05, 0) is 55.3 Å². The molecule has 1 saturated heterocycles. The van der Waals surface area contributed by atoms with E-state index in [9.17, 15) is 13.2 Å². The Balaban J connectivity index is 1.60. The predicted octanol–water partition coefficient (Wildman–Crippen LogP) is 2.39. The van der Waals surface area contributed by atoms with Crippen LogP contribution in [0, 0.1) is 0 Å². The molecule has 2 aromatic carbocycles. The molecule has 3 rings (SSSR count). The summed E-state index contributed by atoms with van der Waals surface area (Å²) in [6.45, 7) is 3.65. The van der Waals surface area contributed by atoms with Crippen molar-refractivity contribution in [2.75, 3.05) is 27.2 Å². The topological polar surface area (TPSA) is 78.9 Å². The van der Waals surface area contributed by atoms with Crippen molar-refractivity contribution in [3.63, 3.8) is 0 Å². The van der Waals surface area contributed by atoms with E-state index in [1.807, 2.05) is 12.1 Å². The molecule has 1 amide bonds. The second-order valence-corrected chi connectivity index (χ2v) is 9.04. The third-order valence-electron chi connectivity index (χ3n) is 5.07. The third-order valence-corrected chi connectivity index (χ3v) is 6.75. The highest BCUT2D eigenvalue weighted by Gasteiger charge is 2.21. The van der Waals surface area contributed by atoms with Gasteiger partial charge in [0.15, 0.2) is 0 Å².